The molecule has 0 aliphatic rings. The Morgan fingerprint density at radius 3 is 2.60 bits per heavy atom. The van der Waals surface area contributed by atoms with E-state index in [9.17, 15) is 0 Å². The van der Waals surface area contributed by atoms with E-state index in [4.69, 9.17) is 17.3 Å². The summed E-state index contributed by atoms with van der Waals surface area (Å²) in [4.78, 5) is 14.8. The minimum Gasteiger partial charge on any atom is -0.384 e. The zero-order valence-corrected chi connectivity index (χ0v) is 13.2. The number of thioether (sulfide) groups is 1. The summed E-state index contributed by atoms with van der Waals surface area (Å²) in [5.41, 5.74) is 7.79. The Hall–Kier alpha value is -1.53. The number of hydrogen-bond acceptors (Lipinski definition) is 6. The average Bonchev–Trinajstić information content (AvgIpc) is 2.34. The molecular weight excluding hydrogens is 294 g/mol. The van der Waals surface area contributed by atoms with Crippen molar-refractivity contribution in [3.05, 3.63) is 34.6 Å². The lowest BCUT2D eigenvalue weighted by Gasteiger charge is -2.13. The van der Waals surface area contributed by atoms with Gasteiger partial charge in [-0.3, -0.25) is 0 Å². The number of anilines is 2. The number of nitrogen functional groups attached to an aromatic ring is 1. The van der Waals surface area contributed by atoms with Crippen molar-refractivity contribution >= 4 is 35.0 Å². The molecule has 0 aromatic carbocycles. The summed E-state index contributed by atoms with van der Waals surface area (Å²) in [5, 5.41) is 0.913. The Balaban J connectivity index is 2.14. The van der Waals surface area contributed by atoms with Gasteiger partial charge in [-0.1, -0.05) is 23.4 Å². The number of rotatable bonds is 4. The Morgan fingerprint density at radius 1 is 1.20 bits per heavy atom. The van der Waals surface area contributed by atoms with Crippen LogP contribution >= 0.6 is 23.4 Å². The summed E-state index contributed by atoms with van der Waals surface area (Å²) in [5.74, 6) is 1.98. The second-order valence-corrected chi connectivity index (χ2v) is 5.90. The first-order valence-corrected chi connectivity index (χ1v) is 7.38. The number of pyridine rings is 1. The summed E-state index contributed by atoms with van der Waals surface area (Å²) < 4.78 is 0. The molecule has 2 rings (SSSR count). The first-order valence-electron chi connectivity index (χ1n) is 6.02. The Kier molecular flexibility index (Phi) is 4.67. The fraction of sp³-hybridized carbons (Fsp3) is 0.308. The molecule has 0 bridgehead atoms. The van der Waals surface area contributed by atoms with E-state index in [0.29, 0.717) is 21.9 Å². The van der Waals surface area contributed by atoms with E-state index in [1.54, 1.807) is 0 Å². The Bertz CT molecular complexity index is 597. The van der Waals surface area contributed by atoms with Crippen molar-refractivity contribution < 1.29 is 0 Å². The van der Waals surface area contributed by atoms with Gasteiger partial charge >= 0.3 is 0 Å². The molecule has 0 spiro atoms. The summed E-state index contributed by atoms with van der Waals surface area (Å²) in [7, 11) is 3.94. The number of aromatic nitrogens is 3. The van der Waals surface area contributed by atoms with Gasteiger partial charge in [0, 0.05) is 25.9 Å². The lowest BCUT2D eigenvalue weighted by Crippen LogP contribution is -2.11. The largest absolute Gasteiger partial charge is 0.384 e. The molecule has 106 valence electrons. The molecule has 2 heterocycles. The first-order chi connectivity index (χ1) is 9.44. The molecule has 0 atom stereocenters. The minimum atomic E-state index is 0.353. The van der Waals surface area contributed by atoms with Crippen LogP contribution in [0.15, 0.2) is 23.4 Å². The van der Waals surface area contributed by atoms with Crippen LogP contribution in [-0.4, -0.2) is 29.0 Å². The van der Waals surface area contributed by atoms with E-state index in [-0.39, 0.29) is 0 Å². The number of aryl methyl sites for hydroxylation is 1. The van der Waals surface area contributed by atoms with E-state index in [1.807, 2.05) is 31.1 Å². The predicted octanol–water partition coefficient (Wildman–Crippen LogP) is 2.77. The van der Waals surface area contributed by atoms with Crippen molar-refractivity contribution in [1.82, 2.24) is 15.0 Å². The fourth-order valence-electron chi connectivity index (χ4n) is 1.64. The van der Waals surface area contributed by atoms with E-state index in [1.165, 1.54) is 23.4 Å². The predicted molar refractivity (Wildman–Crippen MR) is 84.3 cm³/mol. The molecule has 0 saturated heterocycles. The van der Waals surface area contributed by atoms with Crippen LogP contribution in [0.5, 0.6) is 0 Å². The van der Waals surface area contributed by atoms with Gasteiger partial charge in [0.05, 0.1) is 5.69 Å². The van der Waals surface area contributed by atoms with Gasteiger partial charge in [0.15, 0.2) is 5.16 Å². The topological polar surface area (TPSA) is 67.9 Å². The maximum atomic E-state index is 5.86. The maximum absolute atomic E-state index is 5.86. The van der Waals surface area contributed by atoms with Crippen LogP contribution in [0.2, 0.25) is 5.15 Å². The highest BCUT2D eigenvalue weighted by Gasteiger charge is 2.06. The van der Waals surface area contributed by atoms with Crippen molar-refractivity contribution in [2.24, 2.45) is 0 Å². The molecule has 2 N–H and O–H groups in total. The summed E-state index contributed by atoms with van der Waals surface area (Å²) in [6, 6.07) is 5.62. The van der Waals surface area contributed by atoms with Crippen LogP contribution in [0.25, 0.3) is 0 Å². The average molecular weight is 310 g/mol. The van der Waals surface area contributed by atoms with Gasteiger partial charge in [0.2, 0.25) is 0 Å². The molecule has 0 aliphatic heterocycles. The second kappa shape index (κ2) is 6.28. The number of nitrogens with zero attached hydrogens (tertiary/aromatic N) is 4. The highest BCUT2D eigenvalue weighted by Crippen LogP contribution is 2.23. The quantitative estimate of drug-likeness (QED) is 0.532. The van der Waals surface area contributed by atoms with Crippen LogP contribution in [0.1, 0.15) is 11.3 Å². The lowest BCUT2D eigenvalue weighted by molar-refractivity contribution is 0.971. The number of nitrogens with two attached hydrogens (primary N) is 1. The van der Waals surface area contributed by atoms with Crippen LogP contribution in [-0.2, 0) is 5.75 Å². The summed E-state index contributed by atoms with van der Waals surface area (Å²) in [6.07, 6.45) is 0. The van der Waals surface area contributed by atoms with E-state index in [2.05, 4.69) is 21.9 Å². The maximum Gasteiger partial charge on any atom is 0.191 e. The van der Waals surface area contributed by atoms with Gasteiger partial charge in [-0.25, -0.2) is 15.0 Å². The molecule has 0 fully saturated rings. The highest BCUT2D eigenvalue weighted by atomic mass is 35.5. The van der Waals surface area contributed by atoms with Crippen LogP contribution < -0.4 is 10.6 Å². The van der Waals surface area contributed by atoms with E-state index < -0.39 is 0 Å². The lowest BCUT2D eigenvalue weighted by atomic mass is 10.2. The van der Waals surface area contributed by atoms with Crippen LogP contribution in [0.4, 0.5) is 11.6 Å². The van der Waals surface area contributed by atoms with Crippen LogP contribution in [0, 0.1) is 6.92 Å². The smallest absolute Gasteiger partial charge is 0.191 e. The van der Waals surface area contributed by atoms with Gasteiger partial charge in [0.25, 0.3) is 0 Å². The second-order valence-electron chi connectivity index (χ2n) is 4.58. The number of hydrogen-bond donors (Lipinski definition) is 1. The van der Waals surface area contributed by atoms with Crippen molar-refractivity contribution in [3.8, 4) is 0 Å². The normalized spacial score (nSPS) is 10.6. The number of halogens is 1. The van der Waals surface area contributed by atoms with Crippen molar-refractivity contribution in [1.29, 1.82) is 0 Å². The fourth-order valence-corrected chi connectivity index (χ4v) is 2.64. The van der Waals surface area contributed by atoms with Crippen molar-refractivity contribution in [2.45, 2.75) is 17.8 Å². The zero-order chi connectivity index (χ0) is 14.7. The SMILES string of the molecule is Cc1cc(CSc2nc(N)cc(Cl)n2)nc(N(C)C)c1. The summed E-state index contributed by atoms with van der Waals surface area (Å²) >= 11 is 7.32. The first kappa shape index (κ1) is 14.9. The van der Waals surface area contributed by atoms with Gasteiger partial charge in [-0.2, -0.15) is 0 Å². The molecule has 0 aliphatic carbocycles. The molecule has 2 aromatic heterocycles. The Morgan fingerprint density at radius 2 is 1.95 bits per heavy atom. The third kappa shape index (κ3) is 3.98. The van der Waals surface area contributed by atoms with E-state index in [0.717, 1.165) is 11.5 Å². The van der Waals surface area contributed by atoms with Gasteiger partial charge in [0.1, 0.15) is 16.8 Å². The molecule has 2 aromatic rings. The van der Waals surface area contributed by atoms with Gasteiger partial charge in [-0.05, 0) is 24.6 Å². The van der Waals surface area contributed by atoms with Crippen molar-refractivity contribution in [2.75, 3.05) is 24.7 Å². The Labute approximate surface area is 127 Å². The summed E-state index contributed by atoms with van der Waals surface area (Å²) in [6.45, 7) is 2.05. The molecule has 0 unspecified atom stereocenters. The molecule has 0 saturated carbocycles. The van der Waals surface area contributed by atoms with Crippen LogP contribution in [0.3, 0.4) is 0 Å². The zero-order valence-electron chi connectivity index (χ0n) is 11.6. The molecule has 0 radical (unpaired) electrons. The molecule has 5 nitrogen and oxygen atoms in total. The molecule has 20 heavy (non-hydrogen) atoms. The minimum absolute atomic E-state index is 0.353. The standard InChI is InChI=1S/C13H16ClN5S/c1-8-4-9(16-12(5-8)19(2)3)7-20-13-17-10(14)6-11(15)18-13/h4-6H,7H2,1-3H3,(H2,15,17,18). The highest BCUT2D eigenvalue weighted by molar-refractivity contribution is 7.98. The molecular formula is C13H16ClN5S. The third-order valence-corrected chi connectivity index (χ3v) is 3.59. The third-order valence-electron chi connectivity index (χ3n) is 2.51. The monoisotopic (exact) mass is 309 g/mol. The molecule has 0 amide bonds. The van der Waals surface area contributed by atoms with Gasteiger partial charge < -0.3 is 10.6 Å². The van der Waals surface area contributed by atoms with Gasteiger partial charge in [-0.15, -0.1) is 0 Å². The van der Waals surface area contributed by atoms with E-state index >= 15 is 0 Å². The van der Waals surface area contributed by atoms with Crippen molar-refractivity contribution in [3.63, 3.8) is 0 Å². The molecule has 7 heteroatoms.